The third kappa shape index (κ3) is 3.90. The van der Waals surface area contributed by atoms with Crippen molar-refractivity contribution in [2.45, 2.75) is 38.8 Å². The fourth-order valence-corrected chi connectivity index (χ4v) is 4.38. The second-order valence-corrected chi connectivity index (χ2v) is 9.40. The minimum atomic E-state index is -3.18. The van der Waals surface area contributed by atoms with E-state index in [1.165, 1.54) is 15.1 Å². The summed E-state index contributed by atoms with van der Waals surface area (Å²) in [6.07, 6.45) is 5.78. The molecule has 1 fully saturated rings. The van der Waals surface area contributed by atoms with Gasteiger partial charge in [-0.3, -0.25) is 0 Å². The van der Waals surface area contributed by atoms with Crippen LogP contribution >= 0.6 is 0 Å². The van der Waals surface area contributed by atoms with Crippen molar-refractivity contribution >= 4 is 21.6 Å². The van der Waals surface area contributed by atoms with E-state index in [-0.39, 0.29) is 18.1 Å². The molecule has 0 atom stereocenters. The van der Waals surface area contributed by atoms with Crippen molar-refractivity contribution in [3.05, 3.63) is 18.6 Å². The lowest BCUT2D eigenvalue weighted by Gasteiger charge is -2.31. The standard InChI is InChI=1S/C17H24N8O3S/c1-11(2)28-16-13(14-8-15-21-17(18)22-24(15)10-19-14)9-20-25(16)12-4-6-23(7-5-12)29(3,26)27/h8-12H,4-7H2,1-3H3,(H2,18,22). The van der Waals surface area contributed by atoms with Crippen LogP contribution in [0.25, 0.3) is 16.9 Å². The molecule has 29 heavy (non-hydrogen) atoms. The van der Waals surface area contributed by atoms with Gasteiger partial charge in [0.05, 0.1) is 35.9 Å². The number of ether oxygens (including phenoxy) is 1. The van der Waals surface area contributed by atoms with Crippen LogP contribution in [0.2, 0.25) is 0 Å². The van der Waals surface area contributed by atoms with E-state index >= 15 is 0 Å². The lowest BCUT2D eigenvalue weighted by Crippen LogP contribution is -2.38. The van der Waals surface area contributed by atoms with Crippen molar-refractivity contribution < 1.29 is 13.2 Å². The normalized spacial score (nSPS) is 16.7. The van der Waals surface area contributed by atoms with E-state index in [2.05, 4.69) is 20.2 Å². The zero-order chi connectivity index (χ0) is 20.8. The Kier molecular flexibility index (Phi) is 4.90. The first-order chi connectivity index (χ1) is 13.7. The van der Waals surface area contributed by atoms with E-state index in [0.717, 1.165) is 5.56 Å². The fraction of sp³-hybridized carbons (Fsp3) is 0.529. The van der Waals surface area contributed by atoms with Crippen molar-refractivity contribution in [2.75, 3.05) is 25.1 Å². The Morgan fingerprint density at radius 3 is 2.66 bits per heavy atom. The van der Waals surface area contributed by atoms with E-state index in [1.54, 1.807) is 18.6 Å². The first-order valence-corrected chi connectivity index (χ1v) is 11.2. The van der Waals surface area contributed by atoms with Crippen molar-refractivity contribution in [1.29, 1.82) is 0 Å². The Labute approximate surface area is 168 Å². The van der Waals surface area contributed by atoms with Gasteiger partial charge in [-0.15, -0.1) is 5.10 Å². The minimum absolute atomic E-state index is 0.0444. The number of rotatable bonds is 5. The number of fused-ring (bicyclic) bond motifs is 1. The highest BCUT2D eigenvalue weighted by molar-refractivity contribution is 7.88. The van der Waals surface area contributed by atoms with Crippen LogP contribution < -0.4 is 10.5 Å². The Morgan fingerprint density at radius 1 is 1.28 bits per heavy atom. The number of nitrogens with two attached hydrogens (primary N) is 1. The first kappa shape index (κ1) is 19.6. The average Bonchev–Trinajstić information content (AvgIpc) is 3.22. The molecule has 0 bridgehead atoms. The van der Waals surface area contributed by atoms with Gasteiger partial charge in [0.2, 0.25) is 21.9 Å². The highest BCUT2D eigenvalue weighted by Crippen LogP contribution is 2.35. The zero-order valence-electron chi connectivity index (χ0n) is 16.6. The van der Waals surface area contributed by atoms with Gasteiger partial charge in [0.1, 0.15) is 6.33 Å². The molecule has 4 heterocycles. The molecule has 0 spiro atoms. The molecule has 1 aliphatic heterocycles. The Morgan fingerprint density at radius 2 is 2.00 bits per heavy atom. The molecule has 11 nitrogen and oxygen atoms in total. The van der Waals surface area contributed by atoms with Gasteiger partial charge in [0.15, 0.2) is 5.65 Å². The summed E-state index contributed by atoms with van der Waals surface area (Å²) in [6.45, 7) is 4.82. The Bertz CT molecular complexity index is 1130. The summed E-state index contributed by atoms with van der Waals surface area (Å²) in [5.74, 6) is 0.790. The van der Waals surface area contributed by atoms with Gasteiger partial charge in [0, 0.05) is 19.2 Å². The van der Waals surface area contributed by atoms with Crippen LogP contribution in [-0.4, -0.2) is 67.5 Å². The van der Waals surface area contributed by atoms with Crippen LogP contribution in [-0.2, 0) is 10.0 Å². The van der Waals surface area contributed by atoms with Crippen LogP contribution in [0, 0.1) is 0 Å². The van der Waals surface area contributed by atoms with Gasteiger partial charge < -0.3 is 10.5 Å². The number of nitrogens with zero attached hydrogens (tertiary/aromatic N) is 7. The number of aromatic nitrogens is 6. The van der Waals surface area contributed by atoms with Crippen LogP contribution in [0.15, 0.2) is 18.6 Å². The molecule has 0 aromatic carbocycles. The van der Waals surface area contributed by atoms with E-state index in [4.69, 9.17) is 10.5 Å². The SMILES string of the molecule is CC(C)Oc1c(-c2cc3nc(N)nn3cn2)cnn1C1CCN(S(C)(=O)=O)CC1. The molecular formula is C17H24N8O3S. The van der Waals surface area contributed by atoms with Gasteiger partial charge in [0.25, 0.3) is 0 Å². The lowest BCUT2D eigenvalue weighted by atomic mass is 10.1. The topological polar surface area (TPSA) is 134 Å². The largest absolute Gasteiger partial charge is 0.475 e. The van der Waals surface area contributed by atoms with Crippen molar-refractivity contribution in [1.82, 2.24) is 33.7 Å². The summed E-state index contributed by atoms with van der Waals surface area (Å²) in [4.78, 5) is 8.62. The summed E-state index contributed by atoms with van der Waals surface area (Å²) >= 11 is 0. The lowest BCUT2D eigenvalue weighted by molar-refractivity contribution is 0.190. The molecule has 1 saturated heterocycles. The van der Waals surface area contributed by atoms with Crippen LogP contribution in [0.4, 0.5) is 5.95 Å². The predicted octanol–water partition coefficient (Wildman–Crippen LogP) is 0.954. The van der Waals surface area contributed by atoms with Crippen molar-refractivity contribution in [2.24, 2.45) is 0 Å². The minimum Gasteiger partial charge on any atom is -0.475 e. The molecule has 0 amide bonds. The van der Waals surface area contributed by atoms with Crippen LogP contribution in [0.5, 0.6) is 5.88 Å². The van der Waals surface area contributed by atoms with Crippen molar-refractivity contribution in [3.63, 3.8) is 0 Å². The molecule has 0 radical (unpaired) electrons. The molecule has 156 valence electrons. The average molecular weight is 420 g/mol. The number of anilines is 1. The first-order valence-electron chi connectivity index (χ1n) is 9.40. The van der Waals surface area contributed by atoms with Crippen LogP contribution in [0.3, 0.4) is 0 Å². The molecule has 2 N–H and O–H groups in total. The van der Waals surface area contributed by atoms with E-state index < -0.39 is 10.0 Å². The van der Waals surface area contributed by atoms with Gasteiger partial charge in [-0.1, -0.05) is 0 Å². The highest BCUT2D eigenvalue weighted by Gasteiger charge is 2.29. The van der Waals surface area contributed by atoms with Gasteiger partial charge in [-0.2, -0.15) is 10.1 Å². The number of hydrogen-bond acceptors (Lipinski definition) is 8. The van der Waals surface area contributed by atoms with E-state index in [1.807, 2.05) is 18.5 Å². The third-order valence-electron chi connectivity index (χ3n) is 4.86. The molecule has 3 aromatic heterocycles. The maximum atomic E-state index is 11.8. The number of sulfonamides is 1. The number of piperidine rings is 1. The molecular weight excluding hydrogens is 396 g/mol. The molecule has 4 rings (SSSR count). The van der Waals surface area contributed by atoms with E-state index in [0.29, 0.717) is 43.2 Å². The monoisotopic (exact) mass is 420 g/mol. The fourth-order valence-electron chi connectivity index (χ4n) is 3.51. The Hall–Kier alpha value is -2.73. The Balaban J connectivity index is 1.68. The van der Waals surface area contributed by atoms with Gasteiger partial charge in [-0.05, 0) is 26.7 Å². The van der Waals surface area contributed by atoms with Crippen molar-refractivity contribution in [3.8, 4) is 17.1 Å². The molecule has 0 saturated carbocycles. The quantitative estimate of drug-likeness (QED) is 0.645. The second kappa shape index (κ2) is 7.26. The zero-order valence-corrected chi connectivity index (χ0v) is 17.4. The van der Waals surface area contributed by atoms with E-state index in [9.17, 15) is 8.42 Å². The summed E-state index contributed by atoms with van der Waals surface area (Å²) in [5, 5.41) is 8.60. The molecule has 1 aliphatic rings. The summed E-state index contributed by atoms with van der Waals surface area (Å²) < 4.78 is 34.5. The second-order valence-electron chi connectivity index (χ2n) is 7.41. The summed E-state index contributed by atoms with van der Waals surface area (Å²) in [5.41, 5.74) is 7.64. The highest BCUT2D eigenvalue weighted by atomic mass is 32.2. The predicted molar refractivity (Wildman–Crippen MR) is 107 cm³/mol. The maximum Gasteiger partial charge on any atom is 0.240 e. The molecule has 12 heteroatoms. The smallest absolute Gasteiger partial charge is 0.240 e. The molecule has 0 aliphatic carbocycles. The summed E-state index contributed by atoms with van der Waals surface area (Å²) in [6, 6.07) is 1.83. The number of nitrogen functional groups attached to an aromatic ring is 1. The van der Waals surface area contributed by atoms with Gasteiger partial charge >= 0.3 is 0 Å². The molecule has 0 unspecified atom stereocenters. The number of hydrogen-bond donors (Lipinski definition) is 1. The van der Waals surface area contributed by atoms with Gasteiger partial charge in [-0.25, -0.2) is 26.9 Å². The summed E-state index contributed by atoms with van der Waals surface area (Å²) in [7, 11) is -3.18. The maximum absolute atomic E-state index is 11.8. The van der Waals surface area contributed by atoms with Crippen LogP contribution in [0.1, 0.15) is 32.7 Å². The third-order valence-corrected chi connectivity index (χ3v) is 6.16. The molecule has 3 aromatic rings.